The van der Waals surface area contributed by atoms with E-state index in [1.54, 1.807) is 18.2 Å². The van der Waals surface area contributed by atoms with Crippen LogP contribution in [0.5, 0.6) is 11.5 Å². The van der Waals surface area contributed by atoms with Gasteiger partial charge in [0.15, 0.2) is 24.7 Å². The summed E-state index contributed by atoms with van der Waals surface area (Å²) in [6.45, 7) is 2.78. The van der Waals surface area contributed by atoms with Crippen molar-refractivity contribution in [2.45, 2.75) is 6.42 Å². The van der Waals surface area contributed by atoms with Crippen LogP contribution in [0.2, 0.25) is 0 Å². The number of ether oxygens (including phenoxy) is 3. The molecule has 0 aliphatic rings. The molecular weight excluding hydrogens is 353 g/mol. The fourth-order valence-electron chi connectivity index (χ4n) is 2.21. The Kier molecular flexibility index (Phi) is 7.37. The number of rotatable bonds is 9. The summed E-state index contributed by atoms with van der Waals surface area (Å²) < 4.78 is 28.5. The van der Waals surface area contributed by atoms with E-state index in [9.17, 15) is 14.0 Å². The first-order valence-electron chi connectivity index (χ1n) is 8.13. The normalized spacial score (nSPS) is 10.0. The van der Waals surface area contributed by atoms with Gasteiger partial charge in [-0.3, -0.25) is 4.79 Å². The van der Waals surface area contributed by atoms with Gasteiger partial charge in [-0.05, 0) is 42.3 Å². The van der Waals surface area contributed by atoms with Gasteiger partial charge >= 0.3 is 5.97 Å². The smallest absolute Gasteiger partial charge is 0.344 e. The Bertz CT molecular complexity index is 822. The van der Waals surface area contributed by atoms with Gasteiger partial charge in [0.1, 0.15) is 5.82 Å². The van der Waals surface area contributed by atoms with Crippen LogP contribution in [0.1, 0.15) is 5.56 Å². The van der Waals surface area contributed by atoms with E-state index >= 15 is 0 Å². The zero-order chi connectivity index (χ0) is 19.6. The van der Waals surface area contributed by atoms with Crippen LogP contribution in [0.4, 0.5) is 10.1 Å². The minimum atomic E-state index is -0.721. The van der Waals surface area contributed by atoms with Crippen molar-refractivity contribution in [2.24, 2.45) is 0 Å². The Hall–Kier alpha value is -3.35. The van der Waals surface area contributed by atoms with Gasteiger partial charge in [0.25, 0.3) is 5.91 Å². The number of benzene rings is 2. The SMILES string of the molecule is C=CCc1ccc(OCC(=O)OCC(=O)Nc2cccc(F)c2)c(OC)c1. The average Bonchev–Trinajstić information content (AvgIpc) is 2.65. The molecule has 0 atom stereocenters. The Labute approximate surface area is 156 Å². The summed E-state index contributed by atoms with van der Waals surface area (Å²) in [7, 11) is 1.49. The van der Waals surface area contributed by atoms with Crippen LogP contribution in [-0.4, -0.2) is 32.2 Å². The maximum absolute atomic E-state index is 13.1. The number of carbonyl (C=O) groups is 2. The van der Waals surface area contributed by atoms with Gasteiger partial charge in [0.2, 0.25) is 0 Å². The average molecular weight is 373 g/mol. The first-order valence-corrected chi connectivity index (χ1v) is 8.13. The number of carbonyl (C=O) groups excluding carboxylic acids is 2. The van der Waals surface area contributed by atoms with Crippen LogP contribution in [0.3, 0.4) is 0 Å². The monoisotopic (exact) mass is 373 g/mol. The van der Waals surface area contributed by atoms with Gasteiger partial charge < -0.3 is 19.5 Å². The molecule has 0 aromatic heterocycles. The summed E-state index contributed by atoms with van der Waals surface area (Å²) in [6.07, 6.45) is 2.45. The molecule has 0 aliphatic heterocycles. The van der Waals surface area contributed by atoms with Crippen molar-refractivity contribution in [3.05, 3.63) is 66.5 Å². The van der Waals surface area contributed by atoms with Crippen molar-refractivity contribution in [3.8, 4) is 11.5 Å². The zero-order valence-corrected chi connectivity index (χ0v) is 14.9. The van der Waals surface area contributed by atoms with Crippen molar-refractivity contribution in [1.82, 2.24) is 0 Å². The van der Waals surface area contributed by atoms with Gasteiger partial charge in [-0.2, -0.15) is 0 Å². The molecule has 142 valence electrons. The van der Waals surface area contributed by atoms with E-state index in [0.717, 1.165) is 11.6 Å². The minimum Gasteiger partial charge on any atom is -0.493 e. The molecule has 0 heterocycles. The number of amides is 1. The largest absolute Gasteiger partial charge is 0.493 e. The number of hydrogen-bond acceptors (Lipinski definition) is 5. The quantitative estimate of drug-likeness (QED) is 0.540. The number of methoxy groups -OCH3 is 1. The highest BCUT2D eigenvalue weighted by Gasteiger charge is 2.11. The van der Waals surface area contributed by atoms with E-state index in [1.807, 2.05) is 6.07 Å². The Morgan fingerprint density at radius 1 is 1.15 bits per heavy atom. The van der Waals surface area contributed by atoms with E-state index in [-0.39, 0.29) is 12.3 Å². The van der Waals surface area contributed by atoms with Gasteiger partial charge in [-0.25, -0.2) is 9.18 Å². The maximum Gasteiger partial charge on any atom is 0.344 e. The number of esters is 1. The molecule has 0 bridgehead atoms. The van der Waals surface area contributed by atoms with Gasteiger partial charge in [0.05, 0.1) is 7.11 Å². The third kappa shape index (κ3) is 6.47. The number of nitrogens with one attached hydrogen (secondary N) is 1. The Morgan fingerprint density at radius 3 is 2.67 bits per heavy atom. The fourth-order valence-corrected chi connectivity index (χ4v) is 2.21. The topological polar surface area (TPSA) is 73.9 Å². The molecule has 0 saturated carbocycles. The van der Waals surface area contributed by atoms with E-state index in [4.69, 9.17) is 14.2 Å². The standard InChI is InChI=1S/C20H20FNO5/c1-3-5-14-8-9-17(18(10-14)25-2)26-13-20(24)27-12-19(23)22-16-7-4-6-15(21)11-16/h3-4,6-11H,1,5,12-13H2,2H3,(H,22,23). The predicted molar refractivity (Wildman–Crippen MR) is 98.4 cm³/mol. The second-order valence-electron chi connectivity index (χ2n) is 5.49. The molecule has 2 aromatic rings. The second-order valence-corrected chi connectivity index (χ2v) is 5.49. The highest BCUT2D eigenvalue weighted by Crippen LogP contribution is 2.28. The molecule has 1 N–H and O–H groups in total. The molecule has 0 radical (unpaired) electrons. The van der Waals surface area contributed by atoms with Crippen molar-refractivity contribution in [2.75, 3.05) is 25.6 Å². The summed E-state index contributed by atoms with van der Waals surface area (Å²) in [5.41, 5.74) is 1.27. The third-order valence-electron chi connectivity index (χ3n) is 3.43. The lowest BCUT2D eigenvalue weighted by molar-refractivity contribution is -0.149. The highest BCUT2D eigenvalue weighted by atomic mass is 19.1. The molecule has 7 heteroatoms. The molecule has 0 fully saturated rings. The van der Waals surface area contributed by atoms with E-state index in [2.05, 4.69) is 11.9 Å². The predicted octanol–water partition coefficient (Wildman–Crippen LogP) is 3.12. The number of anilines is 1. The number of allylic oxidation sites excluding steroid dienone is 1. The lowest BCUT2D eigenvalue weighted by Gasteiger charge is -2.11. The summed E-state index contributed by atoms with van der Waals surface area (Å²) in [6, 6.07) is 10.7. The Morgan fingerprint density at radius 2 is 1.96 bits per heavy atom. The lowest BCUT2D eigenvalue weighted by atomic mass is 10.1. The minimum absolute atomic E-state index is 0.275. The molecule has 27 heavy (non-hydrogen) atoms. The Balaban J connectivity index is 1.80. The first-order chi connectivity index (χ1) is 13.0. The van der Waals surface area contributed by atoms with Crippen LogP contribution in [0, 0.1) is 5.82 Å². The number of hydrogen-bond donors (Lipinski definition) is 1. The van der Waals surface area contributed by atoms with Crippen molar-refractivity contribution >= 4 is 17.6 Å². The van der Waals surface area contributed by atoms with Crippen LogP contribution < -0.4 is 14.8 Å². The van der Waals surface area contributed by atoms with Crippen molar-refractivity contribution in [1.29, 1.82) is 0 Å². The van der Waals surface area contributed by atoms with E-state index in [0.29, 0.717) is 17.9 Å². The second kappa shape index (κ2) is 9.96. The van der Waals surface area contributed by atoms with Gasteiger partial charge in [0, 0.05) is 5.69 Å². The van der Waals surface area contributed by atoms with Crippen LogP contribution >= 0.6 is 0 Å². The van der Waals surface area contributed by atoms with Crippen LogP contribution in [0.15, 0.2) is 55.1 Å². The molecule has 6 nitrogen and oxygen atoms in total. The van der Waals surface area contributed by atoms with E-state index < -0.39 is 24.3 Å². The summed E-state index contributed by atoms with van der Waals surface area (Å²) in [4.78, 5) is 23.5. The summed E-state index contributed by atoms with van der Waals surface area (Å²) in [5, 5.41) is 2.42. The highest BCUT2D eigenvalue weighted by molar-refractivity contribution is 5.92. The lowest BCUT2D eigenvalue weighted by Crippen LogP contribution is -2.23. The molecule has 0 unspecified atom stereocenters. The van der Waals surface area contributed by atoms with Gasteiger partial charge in [-0.15, -0.1) is 6.58 Å². The van der Waals surface area contributed by atoms with Gasteiger partial charge in [-0.1, -0.05) is 18.2 Å². The summed E-state index contributed by atoms with van der Waals surface area (Å²) >= 11 is 0. The maximum atomic E-state index is 13.1. The summed E-state index contributed by atoms with van der Waals surface area (Å²) in [5.74, 6) is -0.925. The van der Waals surface area contributed by atoms with Crippen molar-refractivity contribution in [3.63, 3.8) is 0 Å². The molecule has 2 rings (SSSR count). The zero-order valence-electron chi connectivity index (χ0n) is 14.9. The molecule has 0 saturated heterocycles. The third-order valence-corrected chi connectivity index (χ3v) is 3.43. The number of halogens is 1. The fraction of sp³-hybridized carbons (Fsp3) is 0.200. The molecule has 1 amide bonds. The first kappa shape index (κ1) is 20.0. The van der Waals surface area contributed by atoms with Crippen LogP contribution in [0.25, 0.3) is 0 Å². The molecule has 0 aliphatic carbocycles. The molecule has 0 spiro atoms. The molecule has 2 aromatic carbocycles. The van der Waals surface area contributed by atoms with Crippen molar-refractivity contribution < 1.29 is 28.2 Å². The van der Waals surface area contributed by atoms with E-state index in [1.165, 1.54) is 25.3 Å². The van der Waals surface area contributed by atoms with Crippen LogP contribution in [-0.2, 0) is 20.7 Å². The molecular formula is C20H20FNO5.